The quantitative estimate of drug-likeness (QED) is 0.723. The van der Waals surface area contributed by atoms with Gasteiger partial charge in [0.1, 0.15) is 17.1 Å². The number of aromatic hydroxyl groups is 1. The number of benzene rings is 1. The maximum atomic E-state index is 9.49. The molecule has 0 aliphatic carbocycles. The van der Waals surface area contributed by atoms with Crippen LogP contribution >= 0.6 is 0 Å². The van der Waals surface area contributed by atoms with Crippen molar-refractivity contribution in [1.29, 1.82) is 0 Å². The molecule has 1 heterocycles. The number of hydrogen-bond acceptors (Lipinski definition) is 4. The van der Waals surface area contributed by atoms with Crippen molar-refractivity contribution in [1.82, 2.24) is 15.0 Å². The van der Waals surface area contributed by atoms with Crippen molar-refractivity contribution >= 4 is 0 Å². The van der Waals surface area contributed by atoms with Crippen LogP contribution < -0.4 is 0 Å². The van der Waals surface area contributed by atoms with Crippen LogP contribution in [0.2, 0.25) is 0 Å². The molecular weight excluding hydrogens is 182 g/mol. The average molecular weight is 191 g/mol. The lowest BCUT2D eigenvalue weighted by atomic mass is 10.3. The van der Waals surface area contributed by atoms with E-state index in [4.69, 9.17) is 5.11 Å². The minimum absolute atomic E-state index is 0.127. The van der Waals surface area contributed by atoms with Crippen LogP contribution in [0.3, 0.4) is 0 Å². The summed E-state index contributed by atoms with van der Waals surface area (Å²) in [6, 6.07) is 6.79. The molecule has 0 aliphatic heterocycles. The first-order valence-electron chi connectivity index (χ1n) is 4.11. The first-order chi connectivity index (χ1) is 6.81. The largest absolute Gasteiger partial charge is 0.506 e. The lowest BCUT2D eigenvalue weighted by molar-refractivity contribution is 0.276. The van der Waals surface area contributed by atoms with Crippen molar-refractivity contribution in [3.63, 3.8) is 0 Å². The van der Waals surface area contributed by atoms with Crippen molar-refractivity contribution in [2.24, 2.45) is 0 Å². The molecule has 0 aliphatic rings. The summed E-state index contributed by atoms with van der Waals surface area (Å²) in [6.07, 6.45) is 1.56. The molecule has 0 amide bonds. The first-order valence-corrected chi connectivity index (χ1v) is 4.11. The Morgan fingerprint density at radius 1 is 1.29 bits per heavy atom. The van der Waals surface area contributed by atoms with Crippen LogP contribution in [0.25, 0.3) is 5.69 Å². The highest BCUT2D eigenvalue weighted by atomic mass is 16.3. The predicted molar refractivity (Wildman–Crippen MR) is 48.9 cm³/mol. The second kappa shape index (κ2) is 3.47. The van der Waals surface area contributed by atoms with Crippen LogP contribution in [0.5, 0.6) is 5.75 Å². The van der Waals surface area contributed by atoms with Crippen molar-refractivity contribution in [2.45, 2.75) is 6.61 Å². The highest BCUT2D eigenvalue weighted by molar-refractivity contribution is 5.44. The number of aliphatic hydroxyl groups is 1. The third-order valence-corrected chi connectivity index (χ3v) is 1.83. The summed E-state index contributed by atoms with van der Waals surface area (Å²) in [5.41, 5.74) is 1.01. The summed E-state index contributed by atoms with van der Waals surface area (Å²) in [7, 11) is 0. The van der Waals surface area contributed by atoms with E-state index >= 15 is 0 Å². The van der Waals surface area contributed by atoms with Crippen molar-refractivity contribution < 1.29 is 10.2 Å². The van der Waals surface area contributed by atoms with E-state index in [1.807, 2.05) is 0 Å². The number of nitrogens with zero attached hydrogens (tertiary/aromatic N) is 3. The molecular formula is C9H9N3O2. The third kappa shape index (κ3) is 1.45. The minimum Gasteiger partial charge on any atom is -0.506 e. The Morgan fingerprint density at radius 2 is 2.07 bits per heavy atom. The highest BCUT2D eigenvalue weighted by Gasteiger charge is 2.04. The van der Waals surface area contributed by atoms with Gasteiger partial charge in [-0.3, -0.25) is 0 Å². The Bertz CT molecular complexity index is 439. The lowest BCUT2D eigenvalue weighted by Crippen LogP contribution is -1.94. The van der Waals surface area contributed by atoms with Gasteiger partial charge in [-0.25, -0.2) is 4.68 Å². The topological polar surface area (TPSA) is 71.2 Å². The van der Waals surface area contributed by atoms with E-state index in [-0.39, 0.29) is 12.4 Å². The fraction of sp³-hybridized carbons (Fsp3) is 0.111. The average Bonchev–Trinajstić information content (AvgIpc) is 2.67. The highest BCUT2D eigenvalue weighted by Crippen LogP contribution is 2.19. The number of hydrogen-bond donors (Lipinski definition) is 2. The molecule has 0 radical (unpaired) electrons. The summed E-state index contributed by atoms with van der Waals surface area (Å²) in [5.74, 6) is 0.127. The van der Waals surface area contributed by atoms with E-state index in [1.54, 1.807) is 30.5 Å². The van der Waals surface area contributed by atoms with E-state index in [0.29, 0.717) is 11.4 Å². The van der Waals surface area contributed by atoms with E-state index in [0.717, 1.165) is 0 Å². The molecule has 14 heavy (non-hydrogen) atoms. The molecule has 2 N–H and O–H groups in total. The Labute approximate surface area is 80.2 Å². The zero-order chi connectivity index (χ0) is 9.97. The molecule has 5 nitrogen and oxygen atoms in total. The van der Waals surface area contributed by atoms with Gasteiger partial charge in [0.25, 0.3) is 0 Å². The second-order valence-electron chi connectivity index (χ2n) is 2.80. The number of aliphatic hydroxyl groups excluding tert-OH is 1. The molecule has 0 spiro atoms. The van der Waals surface area contributed by atoms with E-state index < -0.39 is 0 Å². The van der Waals surface area contributed by atoms with Crippen LogP contribution in [0.15, 0.2) is 30.5 Å². The standard InChI is InChI=1S/C9H9N3O2/c13-6-7-5-12(11-10-7)8-3-1-2-4-9(8)14/h1-5,13-14H,6H2. The van der Waals surface area contributed by atoms with Crippen molar-refractivity contribution in [3.05, 3.63) is 36.2 Å². The number of para-hydroxylation sites is 2. The van der Waals surface area contributed by atoms with E-state index in [2.05, 4.69) is 10.3 Å². The molecule has 1 aromatic carbocycles. The molecule has 0 saturated carbocycles. The van der Waals surface area contributed by atoms with Crippen molar-refractivity contribution in [2.75, 3.05) is 0 Å². The summed E-state index contributed by atoms with van der Waals surface area (Å²) >= 11 is 0. The molecule has 0 unspecified atom stereocenters. The second-order valence-corrected chi connectivity index (χ2v) is 2.80. The summed E-state index contributed by atoms with van der Waals surface area (Å²) in [6.45, 7) is -0.159. The summed E-state index contributed by atoms with van der Waals surface area (Å²) in [5, 5.41) is 25.8. The Hall–Kier alpha value is -1.88. The van der Waals surface area contributed by atoms with Gasteiger partial charge in [-0.1, -0.05) is 17.3 Å². The molecule has 2 aromatic rings. The molecule has 5 heteroatoms. The van der Waals surface area contributed by atoms with Gasteiger partial charge in [0.15, 0.2) is 0 Å². The lowest BCUT2D eigenvalue weighted by Gasteiger charge is -2.01. The fourth-order valence-corrected chi connectivity index (χ4v) is 1.15. The van der Waals surface area contributed by atoms with E-state index in [9.17, 15) is 5.11 Å². The van der Waals surface area contributed by atoms with Crippen molar-refractivity contribution in [3.8, 4) is 11.4 Å². The number of rotatable bonds is 2. The Kier molecular flexibility index (Phi) is 2.16. The fourth-order valence-electron chi connectivity index (χ4n) is 1.15. The van der Waals surface area contributed by atoms with Gasteiger partial charge in [-0.2, -0.15) is 0 Å². The van der Waals surface area contributed by atoms with Crippen LogP contribution in [-0.2, 0) is 6.61 Å². The monoisotopic (exact) mass is 191 g/mol. The van der Waals surface area contributed by atoms with Gasteiger partial charge in [0.2, 0.25) is 0 Å². The van der Waals surface area contributed by atoms with Crippen LogP contribution in [-0.4, -0.2) is 25.2 Å². The summed E-state index contributed by atoms with van der Waals surface area (Å²) in [4.78, 5) is 0. The molecule has 72 valence electrons. The molecule has 0 atom stereocenters. The van der Waals surface area contributed by atoms with Crippen LogP contribution in [0.4, 0.5) is 0 Å². The molecule has 0 saturated heterocycles. The molecule has 1 aromatic heterocycles. The molecule has 0 bridgehead atoms. The first kappa shape index (κ1) is 8.71. The summed E-state index contributed by atoms with van der Waals surface area (Å²) < 4.78 is 1.42. The third-order valence-electron chi connectivity index (χ3n) is 1.83. The number of phenolic OH excluding ortho intramolecular Hbond substituents is 1. The smallest absolute Gasteiger partial charge is 0.141 e. The number of phenols is 1. The SMILES string of the molecule is OCc1cn(-c2ccccc2O)nn1. The van der Waals surface area contributed by atoms with Crippen LogP contribution in [0, 0.1) is 0 Å². The molecule has 2 rings (SSSR count). The van der Waals surface area contributed by atoms with Gasteiger partial charge in [-0.05, 0) is 12.1 Å². The van der Waals surface area contributed by atoms with Gasteiger partial charge in [0, 0.05) is 0 Å². The van der Waals surface area contributed by atoms with Gasteiger partial charge in [0.05, 0.1) is 12.8 Å². The van der Waals surface area contributed by atoms with E-state index in [1.165, 1.54) is 4.68 Å². The van der Waals surface area contributed by atoms with Gasteiger partial charge >= 0.3 is 0 Å². The Morgan fingerprint density at radius 3 is 2.71 bits per heavy atom. The minimum atomic E-state index is -0.159. The number of aromatic nitrogens is 3. The zero-order valence-electron chi connectivity index (χ0n) is 7.33. The zero-order valence-corrected chi connectivity index (χ0v) is 7.33. The predicted octanol–water partition coefficient (Wildman–Crippen LogP) is 0.465. The maximum Gasteiger partial charge on any atom is 0.141 e. The van der Waals surface area contributed by atoms with Gasteiger partial charge in [-0.15, -0.1) is 5.10 Å². The normalized spacial score (nSPS) is 10.4. The maximum absolute atomic E-state index is 9.49. The Balaban J connectivity index is 2.44. The van der Waals surface area contributed by atoms with Crippen LogP contribution in [0.1, 0.15) is 5.69 Å². The van der Waals surface area contributed by atoms with Gasteiger partial charge < -0.3 is 10.2 Å². The molecule has 0 fully saturated rings.